The molecule has 0 amide bonds. The number of rotatable bonds is 3. The zero-order valence-corrected chi connectivity index (χ0v) is 8.65. The Morgan fingerprint density at radius 1 is 1.40 bits per heavy atom. The predicted octanol–water partition coefficient (Wildman–Crippen LogP) is 2.17. The van der Waals surface area contributed by atoms with Gasteiger partial charge in [0, 0.05) is 13.3 Å². The lowest BCUT2D eigenvalue weighted by Crippen LogP contribution is -2.28. The zero-order chi connectivity index (χ0) is 10.7. The van der Waals surface area contributed by atoms with E-state index in [0.717, 1.165) is 19.3 Å². The van der Waals surface area contributed by atoms with Gasteiger partial charge in [0.1, 0.15) is 6.10 Å². The summed E-state index contributed by atoms with van der Waals surface area (Å²) in [6, 6.07) is 3.25. The molecule has 0 radical (unpaired) electrons. The van der Waals surface area contributed by atoms with Gasteiger partial charge < -0.3 is 9.47 Å². The van der Waals surface area contributed by atoms with Gasteiger partial charge >= 0.3 is 0 Å². The normalized spacial score (nSPS) is 25.5. The quantitative estimate of drug-likeness (QED) is 0.718. The smallest absolute Gasteiger partial charge is 0.255 e. The van der Waals surface area contributed by atoms with Crippen LogP contribution >= 0.6 is 0 Å². The van der Waals surface area contributed by atoms with Crippen molar-refractivity contribution in [1.82, 2.24) is 4.98 Å². The van der Waals surface area contributed by atoms with Gasteiger partial charge in [0.2, 0.25) is 0 Å². The van der Waals surface area contributed by atoms with E-state index in [2.05, 4.69) is 4.98 Å². The summed E-state index contributed by atoms with van der Waals surface area (Å²) in [5.41, 5.74) is 0. The van der Waals surface area contributed by atoms with Crippen LogP contribution in [0.25, 0.3) is 0 Å². The second kappa shape index (κ2) is 4.57. The van der Waals surface area contributed by atoms with Crippen LogP contribution in [0.5, 0.6) is 5.75 Å². The van der Waals surface area contributed by atoms with Gasteiger partial charge in [-0.1, -0.05) is 0 Å². The zero-order valence-electron chi connectivity index (χ0n) is 8.65. The third-order valence-electron chi connectivity index (χ3n) is 2.70. The number of hydrogen-bond donors (Lipinski definition) is 0. The Bertz CT molecular complexity index is 332. The van der Waals surface area contributed by atoms with Crippen molar-refractivity contribution in [3.63, 3.8) is 0 Å². The third-order valence-corrected chi connectivity index (χ3v) is 2.70. The second-order valence-electron chi connectivity index (χ2n) is 3.65. The fourth-order valence-electron chi connectivity index (χ4n) is 1.92. The molecule has 1 aromatic heterocycles. The molecule has 0 bridgehead atoms. The molecule has 2 atom stereocenters. The molecule has 15 heavy (non-hydrogen) atoms. The highest BCUT2D eigenvalue weighted by atomic mass is 19.1. The van der Waals surface area contributed by atoms with Gasteiger partial charge in [0.05, 0.1) is 6.10 Å². The molecule has 0 saturated heterocycles. The van der Waals surface area contributed by atoms with Crippen LogP contribution in [0.2, 0.25) is 0 Å². The van der Waals surface area contributed by atoms with E-state index in [1.807, 2.05) is 0 Å². The molecule has 82 valence electrons. The van der Waals surface area contributed by atoms with Gasteiger partial charge in [0.25, 0.3) is 5.95 Å². The molecule has 2 unspecified atom stereocenters. The van der Waals surface area contributed by atoms with Crippen molar-refractivity contribution in [3.8, 4) is 5.75 Å². The van der Waals surface area contributed by atoms with Crippen LogP contribution in [-0.2, 0) is 4.74 Å². The summed E-state index contributed by atoms with van der Waals surface area (Å²) in [4.78, 5) is 3.54. The first-order valence-electron chi connectivity index (χ1n) is 5.11. The molecular formula is C11H14FNO2. The van der Waals surface area contributed by atoms with Gasteiger partial charge in [-0.05, 0) is 31.4 Å². The van der Waals surface area contributed by atoms with Crippen LogP contribution in [-0.4, -0.2) is 24.3 Å². The standard InChI is InChI=1S/C11H14FNO2/c1-14-8-4-2-5-9(8)15-10-6-3-7-13-11(10)12/h3,6-9H,2,4-5H2,1H3. The second-order valence-corrected chi connectivity index (χ2v) is 3.65. The molecule has 1 aliphatic rings. The number of aromatic nitrogens is 1. The van der Waals surface area contributed by atoms with E-state index in [4.69, 9.17) is 9.47 Å². The van der Waals surface area contributed by atoms with Crippen molar-refractivity contribution in [2.24, 2.45) is 0 Å². The Kier molecular flexibility index (Phi) is 3.16. The number of pyridine rings is 1. The summed E-state index contributed by atoms with van der Waals surface area (Å²) in [6.07, 6.45) is 4.38. The maximum atomic E-state index is 13.2. The van der Waals surface area contributed by atoms with Gasteiger partial charge in [-0.15, -0.1) is 0 Å². The minimum atomic E-state index is -0.556. The Morgan fingerprint density at radius 3 is 2.93 bits per heavy atom. The first-order valence-corrected chi connectivity index (χ1v) is 5.11. The molecule has 0 aliphatic heterocycles. The number of hydrogen-bond acceptors (Lipinski definition) is 3. The van der Waals surface area contributed by atoms with Crippen molar-refractivity contribution < 1.29 is 13.9 Å². The summed E-state index contributed by atoms with van der Waals surface area (Å²) < 4.78 is 24.0. The molecule has 1 aromatic rings. The highest BCUT2D eigenvalue weighted by Crippen LogP contribution is 2.27. The van der Waals surface area contributed by atoms with E-state index in [-0.39, 0.29) is 18.0 Å². The Balaban J connectivity index is 2.05. The van der Waals surface area contributed by atoms with Crippen LogP contribution in [0.15, 0.2) is 18.3 Å². The first-order chi connectivity index (χ1) is 7.31. The van der Waals surface area contributed by atoms with E-state index < -0.39 is 5.95 Å². The van der Waals surface area contributed by atoms with Gasteiger partial charge in [0.15, 0.2) is 5.75 Å². The van der Waals surface area contributed by atoms with Crippen LogP contribution in [0, 0.1) is 5.95 Å². The highest BCUT2D eigenvalue weighted by molar-refractivity contribution is 5.18. The highest BCUT2D eigenvalue weighted by Gasteiger charge is 2.29. The maximum Gasteiger partial charge on any atom is 0.255 e. The van der Waals surface area contributed by atoms with E-state index in [0.29, 0.717) is 0 Å². The number of halogens is 1. The summed E-state index contributed by atoms with van der Waals surface area (Å²) >= 11 is 0. The van der Waals surface area contributed by atoms with Gasteiger partial charge in [-0.25, -0.2) is 4.98 Å². The lowest BCUT2D eigenvalue weighted by molar-refractivity contribution is 0.0208. The van der Waals surface area contributed by atoms with Gasteiger partial charge in [-0.2, -0.15) is 4.39 Å². The first kappa shape index (κ1) is 10.4. The molecule has 4 heteroatoms. The number of nitrogens with zero attached hydrogens (tertiary/aromatic N) is 1. The number of methoxy groups -OCH3 is 1. The predicted molar refractivity (Wildman–Crippen MR) is 53.3 cm³/mol. The number of ether oxygens (including phenoxy) is 2. The van der Waals surface area contributed by atoms with Crippen molar-refractivity contribution in [3.05, 3.63) is 24.3 Å². The van der Waals surface area contributed by atoms with Crippen LogP contribution in [0.1, 0.15) is 19.3 Å². The Labute approximate surface area is 88.2 Å². The summed E-state index contributed by atoms with van der Waals surface area (Å²) in [5.74, 6) is -0.342. The molecule has 1 heterocycles. The fraction of sp³-hybridized carbons (Fsp3) is 0.545. The fourth-order valence-corrected chi connectivity index (χ4v) is 1.92. The average molecular weight is 211 g/mol. The van der Waals surface area contributed by atoms with E-state index in [1.165, 1.54) is 6.20 Å². The Hall–Kier alpha value is -1.16. The molecule has 2 rings (SSSR count). The molecule has 3 nitrogen and oxygen atoms in total. The minimum absolute atomic E-state index is 0.0475. The molecule has 1 fully saturated rings. The lowest BCUT2D eigenvalue weighted by atomic mass is 10.2. The van der Waals surface area contributed by atoms with Crippen molar-refractivity contribution in [1.29, 1.82) is 0 Å². The van der Waals surface area contributed by atoms with Crippen molar-refractivity contribution >= 4 is 0 Å². The minimum Gasteiger partial charge on any atom is -0.483 e. The van der Waals surface area contributed by atoms with Crippen molar-refractivity contribution in [2.75, 3.05) is 7.11 Å². The summed E-state index contributed by atoms with van der Waals surface area (Å²) in [5, 5.41) is 0. The monoisotopic (exact) mass is 211 g/mol. The maximum absolute atomic E-state index is 13.2. The third kappa shape index (κ3) is 2.26. The van der Waals surface area contributed by atoms with E-state index in [9.17, 15) is 4.39 Å². The summed E-state index contributed by atoms with van der Waals surface area (Å²) in [7, 11) is 1.66. The molecule has 0 spiro atoms. The van der Waals surface area contributed by atoms with Gasteiger partial charge in [-0.3, -0.25) is 0 Å². The summed E-state index contributed by atoms with van der Waals surface area (Å²) in [6.45, 7) is 0. The van der Waals surface area contributed by atoms with Crippen LogP contribution < -0.4 is 4.74 Å². The topological polar surface area (TPSA) is 31.4 Å². The molecule has 0 aromatic carbocycles. The van der Waals surface area contributed by atoms with E-state index >= 15 is 0 Å². The molecule has 1 aliphatic carbocycles. The van der Waals surface area contributed by atoms with Crippen LogP contribution in [0.3, 0.4) is 0 Å². The van der Waals surface area contributed by atoms with Crippen LogP contribution in [0.4, 0.5) is 4.39 Å². The lowest BCUT2D eigenvalue weighted by Gasteiger charge is -2.19. The molecule has 0 N–H and O–H groups in total. The SMILES string of the molecule is COC1CCCC1Oc1cccnc1F. The Morgan fingerprint density at radius 2 is 2.20 bits per heavy atom. The molecular weight excluding hydrogens is 197 g/mol. The average Bonchev–Trinajstić information content (AvgIpc) is 2.69. The van der Waals surface area contributed by atoms with Crippen molar-refractivity contribution in [2.45, 2.75) is 31.5 Å². The van der Waals surface area contributed by atoms with E-state index in [1.54, 1.807) is 19.2 Å². The molecule has 1 saturated carbocycles. The largest absolute Gasteiger partial charge is 0.483 e.